The number of likely N-dealkylation sites (tertiary alicyclic amines) is 1. The first-order valence-electron chi connectivity index (χ1n) is 6.95. The van der Waals surface area contributed by atoms with Crippen LogP contribution in [0.1, 0.15) is 33.5 Å². The normalized spacial score (nSPS) is 22.5. The summed E-state index contributed by atoms with van der Waals surface area (Å²) < 4.78 is 39.7. The quantitative estimate of drug-likeness (QED) is 0.633. The molecule has 3 rings (SSSR count). The number of amides is 1. The number of fused-ring (bicyclic) bond motifs is 1. The fourth-order valence-electron chi connectivity index (χ4n) is 3.05. The maximum absolute atomic E-state index is 13.2. The van der Waals surface area contributed by atoms with E-state index in [2.05, 4.69) is 0 Å². The number of hydrogen-bond donors (Lipinski definition) is 2. The fourth-order valence-corrected chi connectivity index (χ4v) is 3.05. The van der Waals surface area contributed by atoms with Crippen LogP contribution in [-0.2, 0) is 19.3 Å². The summed E-state index contributed by atoms with van der Waals surface area (Å²) in [6.07, 6.45) is -4.37. The Labute approximate surface area is 125 Å². The van der Waals surface area contributed by atoms with Crippen LogP contribution < -0.4 is 5.84 Å². The molecule has 0 aliphatic carbocycles. The molecule has 2 aliphatic heterocycles. The number of rotatable bonds is 2. The number of aliphatic hydroxyl groups excluding tert-OH is 1. The molecule has 1 aromatic carbocycles. The molecule has 3 N–H and O–H groups in total. The molecule has 1 amide bonds. The van der Waals surface area contributed by atoms with E-state index in [0.717, 1.165) is 11.1 Å². The van der Waals surface area contributed by atoms with Crippen LogP contribution in [0, 0.1) is 0 Å². The molecule has 0 saturated carbocycles. The van der Waals surface area contributed by atoms with Crippen molar-refractivity contribution in [2.24, 2.45) is 5.84 Å². The first kappa shape index (κ1) is 15.3. The van der Waals surface area contributed by atoms with Crippen LogP contribution in [-0.4, -0.2) is 40.1 Å². The summed E-state index contributed by atoms with van der Waals surface area (Å²) >= 11 is 0. The standard InChI is InChI=1S/C14H16F3N3O2/c15-14(16,17)12-4-8(5-19-2-1-9(21)6-19)3-10-11(12)7-20(18)13(10)22/h3-4,9,21H,1-2,5-7,18H2. The van der Waals surface area contributed by atoms with Crippen molar-refractivity contribution in [1.29, 1.82) is 0 Å². The third kappa shape index (κ3) is 2.69. The van der Waals surface area contributed by atoms with Crippen molar-refractivity contribution in [3.8, 4) is 0 Å². The van der Waals surface area contributed by atoms with E-state index in [9.17, 15) is 23.1 Å². The van der Waals surface area contributed by atoms with Crippen LogP contribution in [0.5, 0.6) is 0 Å². The van der Waals surface area contributed by atoms with Gasteiger partial charge in [0, 0.05) is 25.2 Å². The molecule has 0 bridgehead atoms. The predicted octanol–water partition coefficient (Wildman–Crippen LogP) is 1.10. The van der Waals surface area contributed by atoms with E-state index in [1.165, 1.54) is 6.07 Å². The van der Waals surface area contributed by atoms with Crippen LogP contribution in [0.2, 0.25) is 0 Å². The summed E-state index contributed by atoms with van der Waals surface area (Å²) in [5, 5.41) is 10.3. The van der Waals surface area contributed by atoms with Crippen LogP contribution in [0.4, 0.5) is 13.2 Å². The SMILES string of the molecule is NN1Cc2c(cc(CN3CCC(O)C3)cc2C(F)(F)F)C1=O. The number of β-amino-alcohol motifs (C(OH)–C–C–N with tert-alkyl or cyclic N) is 1. The molecule has 0 radical (unpaired) electrons. The van der Waals surface area contributed by atoms with Crippen LogP contribution in [0.3, 0.4) is 0 Å². The maximum Gasteiger partial charge on any atom is 0.416 e. The molecule has 2 aliphatic rings. The Balaban J connectivity index is 1.97. The smallest absolute Gasteiger partial charge is 0.392 e. The highest BCUT2D eigenvalue weighted by atomic mass is 19.4. The minimum absolute atomic E-state index is 0.0204. The number of benzene rings is 1. The molecular weight excluding hydrogens is 299 g/mol. The summed E-state index contributed by atoms with van der Waals surface area (Å²) in [6.45, 7) is 1.09. The molecule has 0 aromatic heterocycles. The van der Waals surface area contributed by atoms with Gasteiger partial charge in [-0.15, -0.1) is 0 Å². The van der Waals surface area contributed by atoms with Gasteiger partial charge in [-0.05, 0) is 29.7 Å². The molecule has 1 atom stereocenters. The van der Waals surface area contributed by atoms with Gasteiger partial charge < -0.3 is 5.11 Å². The lowest BCUT2D eigenvalue weighted by Crippen LogP contribution is -2.30. The third-order valence-electron chi connectivity index (χ3n) is 4.09. The van der Waals surface area contributed by atoms with Crippen molar-refractivity contribution < 1.29 is 23.1 Å². The van der Waals surface area contributed by atoms with Crippen molar-refractivity contribution in [2.45, 2.75) is 31.8 Å². The molecule has 1 unspecified atom stereocenters. The van der Waals surface area contributed by atoms with Crippen molar-refractivity contribution >= 4 is 5.91 Å². The first-order valence-corrected chi connectivity index (χ1v) is 6.95. The molecule has 1 saturated heterocycles. The molecule has 5 nitrogen and oxygen atoms in total. The number of carbonyl (C=O) groups excluding carboxylic acids is 1. The number of nitrogens with two attached hydrogens (primary N) is 1. The molecule has 2 heterocycles. The molecule has 1 fully saturated rings. The molecule has 8 heteroatoms. The average molecular weight is 315 g/mol. The highest BCUT2D eigenvalue weighted by Crippen LogP contribution is 2.37. The van der Waals surface area contributed by atoms with Gasteiger partial charge in [0.2, 0.25) is 0 Å². The topological polar surface area (TPSA) is 69.8 Å². The lowest BCUT2D eigenvalue weighted by molar-refractivity contribution is -0.138. The van der Waals surface area contributed by atoms with E-state index in [0.29, 0.717) is 25.1 Å². The second-order valence-electron chi connectivity index (χ2n) is 5.78. The third-order valence-corrected chi connectivity index (χ3v) is 4.09. The van der Waals surface area contributed by atoms with Gasteiger partial charge in [-0.1, -0.05) is 0 Å². The van der Waals surface area contributed by atoms with Crippen molar-refractivity contribution in [3.05, 3.63) is 34.4 Å². The first-order chi connectivity index (χ1) is 10.3. The predicted molar refractivity (Wildman–Crippen MR) is 71.4 cm³/mol. The van der Waals surface area contributed by atoms with E-state index in [1.807, 2.05) is 4.90 Å². The molecule has 1 aromatic rings. The van der Waals surface area contributed by atoms with Gasteiger partial charge in [0.25, 0.3) is 5.91 Å². The van der Waals surface area contributed by atoms with Crippen molar-refractivity contribution in [2.75, 3.05) is 13.1 Å². The Hall–Kier alpha value is -1.64. The van der Waals surface area contributed by atoms with E-state index in [1.54, 1.807) is 0 Å². The number of carbonyl (C=O) groups is 1. The fraction of sp³-hybridized carbons (Fsp3) is 0.500. The zero-order valence-electron chi connectivity index (χ0n) is 11.7. The lowest BCUT2D eigenvalue weighted by atomic mass is 9.98. The van der Waals surface area contributed by atoms with Crippen LogP contribution >= 0.6 is 0 Å². The number of hydrazine groups is 1. The van der Waals surface area contributed by atoms with Gasteiger partial charge in [0.15, 0.2) is 0 Å². The second kappa shape index (κ2) is 5.22. The number of nitrogens with zero attached hydrogens (tertiary/aromatic N) is 2. The molecule has 0 spiro atoms. The van der Waals surface area contributed by atoms with Gasteiger partial charge in [-0.3, -0.25) is 14.7 Å². The summed E-state index contributed by atoms with van der Waals surface area (Å²) in [5.41, 5.74) is -0.442. The lowest BCUT2D eigenvalue weighted by Gasteiger charge is -2.18. The summed E-state index contributed by atoms with van der Waals surface area (Å²) in [5.74, 6) is 4.85. The minimum Gasteiger partial charge on any atom is -0.392 e. The van der Waals surface area contributed by atoms with Crippen molar-refractivity contribution in [3.63, 3.8) is 0 Å². The van der Waals surface area contributed by atoms with Gasteiger partial charge in [0.1, 0.15) is 0 Å². The Bertz CT molecular complexity index is 618. The van der Waals surface area contributed by atoms with Gasteiger partial charge in [0.05, 0.1) is 18.2 Å². The Morgan fingerprint density at radius 2 is 2.09 bits per heavy atom. The van der Waals surface area contributed by atoms with Crippen molar-refractivity contribution in [1.82, 2.24) is 9.91 Å². The molecule has 22 heavy (non-hydrogen) atoms. The maximum atomic E-state index is 13.2. The van der Waals surface area contributed by atoms with E-state index < -0.39 is 23.8 Å². The Kier molecular flexibility index (Phi) is 3.62. The molecular formula is C14H16F3N3O2. The van der Waals surface area contributed by atoms with Gasteiger partial charge >= 0.3 is 6.18 Å². The van der Waals surface area contributed by atoms with Gasteiger partial charge in [-0.2, -0.15) is 13.2 Å². The number of halogens is 3. The van der Waals surface area contributed by atoms with Gasteiger partial charge in [-0.25, -0.2) is 5.84 Å². The number of alkyl halides is 3. The summed E-state index contributed by atoms with van der Waals surface area (Å²) in [4.78, 5) is 13.8. The van der Waals surface area contributed by atoms with Crippen LogP contribution in [0.15, 0.2) is 12.1 Å². The zero-order valence-corrected chi connectivity index (χ0v) is 11.7. The number of aliphatic hydroxyl groups is 1. The highest BCUT2D eigenvalue weighted by Gasteiger charge is 2.39. The van der Waals surface area contributed by atoms with E-state index in [4.69, 9.17) is 5.84 Å². The largest absolute Gasteiger partial charge is 0.416 e. The summed E-state index contributed by atoms with van der Waals surface area (Å²) in [6, 6.07) is 2.56. The Morgan fingerprint density at radius 1 is 1.36 bits per heavy atom. The minimum atomic E-state index is -4.53. The second-order valence-corrected chi connectivity index (χ2v) is 5.78. The zero-order chi connectivity index (χ0) is 16.1. The average Bonchev–Trinajstić information content (AvgIpc) is 2.94. The van der Waals surface area contributed by atoms with Crippen LogP contribution in [0.25, 0.3) is 0 Å². The van der Waals surface area contributed by atoms with E-state index >= 15 is 0 Å². The summed E-state index contributed by atoms with van der Waals surface area (Å²) in [7, 11) is 0. The highest BCUT2D eigenvalue weighted by molar-refractivity contribution is 5.98. The van der Waals surface area contributed by atoms with E-state index in [-0.39, 0.29) is 24.2 Å². The molecule has 120 valence electrons. The number of hydrogen-bond acceptors (Lipinski definition) is 4. The Morgan fingerprint density at radius 3 is 2.68 bits per heavy atom. The monoisotopic (exact) mass is 315 g/mol.